The van der Waals surface area contributed by atoms with E-state index in [9.17, 15) is 14.4 Å². The average Bonchev–Trinajstić information content (AvgIpc) is 2.79. The molecule has 0 aliphatic carbocycles. The predicted molar refractivity (Wildman–Crippen MR) is 131 cm³/mol. The summed E-state index contributed by atoms with van der Waals surface area (Å²) in [6.07, 6.45) is -0.0731. The summed E-state index contributed by atoms with van der Waals surface area (Å²) >= 11 is 5.89. The number of amides is 3. The molecule has 0 bridgehead atoms. The molecule has 7 nitrogen and oxygen atoms in total. The summed E-state index contributed by atoms with van der Waals surface area (Å²) in [5, 5.41) is 9.28. The highest BCUT2D eigenvalue weighted by atomic mass is 35.5. The van der Waals surface area contributed by atoms with Crippen LogP contribution >= 0.6 is 11.6 Å². The van der Waals surface area contributed by atoms with Gasteiger partial charge in [-0.3, -0.25) is 19.3 Å². The highest BCUT2D eigenvalue weighted by Gasteiger charge is 2.34. The number of halogens is 1. The zero-order chi connectivity index (χ0) is 23.4. The molecule has 1 heterocycles. The van der Waals surface area contributed by atoms with E-state index in [1.54, 1.807) is 36.4 Å². The number of hydrogen-bond donors (Lipinski definition) is 3. The maximum absolute atomic E-state index is 13.2. The van der Waals surface area contributed by atoms with E-state index in [0.717, 1.165) is 5.56 Å². The van der Waals surface area contributed by atoms with Crippen molar-refractivity contribution in [3.05, 3.63) is 83.4 Å². The van der Waals surface area contributed by atoms with Crippen LogP contribution in [0, 0.1) is 6.92 Å². The Bertz CT molecular complexity index is 1180. The van der Waals surface area contributed by atoms with Crippen molar-refractivity contribution in [3.8, 4) is 0 Å². The van der Waals surface area contributed by atoms with Crippen molar-refractivity contribution in [2.45, 2.75) is 19.4 Å². The SMILES string of the molecule is Cc1ccc(NC(=O)CC2Nc3ccccc3N(CC(=O)Nc3ccc(Cl)cc3)C2=O)cc1. The third kappa shape index (κ3) is 5.51. The summed E-state index contributed by atoms with van der Waals surface area (Å²) in [5.41, 5.74) is 3.59. The van der Waals surface area contributed by atoms with E-state index >= 15 is 0 Å². The molecule has 0 radical (unpaired) electrons. The first-order valence-corrected chi connectivity index (χ1v) is 10.9. The topological polar surface area (TPSA) is 90.5 Å². The van der Waals surface area contributed by atoms with E-state index in [2.05, 4.69) is 16.0 Å². The Hall–Kier alpha value is -3.84. The van der Waals surface area contributed by atoms with Crippen molar-refractivity contribution in [1.29, 1.82) is 0 Å². The minimum Gasteiger partial charge on any atom is -0.372 e. The van der Waals surface area contributed by atoms with Crippen LogP contribution in [0.2, 0.25) is 5.02 Å². The van der Waals surface area contributed by atoms with Crippen LogP contribution in [0.5, 0.6) is 0 Å². The molecule has 168 valence electrons. The molecule has 0 saturated heterocycles. The Labute approximate surface area is 196 Å². The highest BCUT2D eigenvalue weighted by Crippen LogP contribution is 2.32. The van der Waals surface area contributed by atoms with Gasteiger partial charge in [0.25, 0.3) is 5.91 Å². The molecule has 3 aromatic carbocycles. The van der Waals surface area contributed by atoms with Gasteiger partial charge in [0.15, 0.2) is 0 Å². The molecule has 1 aliphatic heterocycles. The molecular weight excluding hydrogens is 440 g/mol. The lowest BCUT2D eigenvalue weighted by Crippen LogP contribution is -2.50. The van der Waals surface area contributed by atoms with Crippen LogP contribution < -0.4 is 20.9 Å². The minimum absolute atomic E-state index is 0.0731. The first-order valence-electron chi connectivity index (χ1n) is 10.5. The number of anilines is 4. The van der Waals surface area contributed by atoms with E-state index in [-0.39, 0.29) is 30.7 Å². The minimum atomic E-state index is -0.798. The number of benzene rings is 3. The normalized spacial score (nSPS) is 14.8. The lowest BCUT2D eigenvalue weighted by molar-refractivity contribution is -0.124. The molecule has 0 spiro atoms. The van der Waals surface area contributed by atoms with Crippen LogP contribution in [-0.4, -0.2) is 30.3 Å². The number of fused-ring (bicyclic) bond motifs is 1. The summed E-state index contributed by atoms with van der Waals surface area (Å²) in [6, 6.07) is 20.5. The van der Waals surface area contributed by atoms with Gasteiger partial charge in [0.1, 0.15) is 12.6 Å². The zero-order valence-corrected chi connectivity index (χ0v) is 18.7. The molecule has 0 saturated carbocycles. The van der Waals surface area contributed by atoms with E-state index in [1.165, 1.54) is 4.90 Å². The van der Waals surface area contributed by atoms with Gasteiger partial charge in [-0.15, -0.1) is 0 Å². The molecule has 3 N–H and O–H groups in total. The Morgan fingerprint density at radius 1 is 0.909 bits per heavy atom. The summed E-state index contributed by atoms with van der Waals surface area (Å²) in [5.74, 6) is -1.00. The Balaban J connectivity index is 1.47. The van der Waals surface area contributed by atoms with Crippen LogP contribution in [0.15, 0.2) is 72.8 Å². The number of carbonyl (C=O) groups excluding carboxylic acids is 3. The first kappa shape index (κ1) is 22.4. The molecular formula is C25H23ClN4O3. The number of aryl methyl sites for hydroxylation is 1. The number of nitrogens with one attached hydrogen (secondary N) is 3. The standard InChI is InChI=1S/C25H23ClN4O3/c1-16-6-10-18(11-7-16)27-23(31)14-21-25(33)30(22-5-3-2-4-20(22)29-21)15-24(32)28-19-12-8-17(26)9-13-19/h2-13,21,29H,14-15H2,1H3,(H,27,31)(H,28,32). The molecule has 0 aromatic heterocycles. The van der Waals surface area contributed by atoms with E-state index in [1.807, 2.05) is 43.3 Å². The predicted octanol–water partition coefficient (Wildman–Crippen LogP) is 4.44. The highest BCUT2D eigenvalue weighted by molar-refractivity contribution is 6.30. The van der Waals surface area contributed by atoms with Crippen molar-refractivity contribution < 1.29 is 14.4 Å². The van der Waals surface area contributed by atoms with Gasteiger partial charge in [-0.2, -0.15) is 0 Å². The number of hydrogen-bond acceptors (Lipinski definition) is 4. The van der Waals surface area contributed by atoms with Gasteiger partial charge in [0.05, 0.1) is 17.8 Å². The number of rotatable bonds is 6. The fourth-order valence-corrected chi connectivity index (χ4v) is 3.73. The summed E-state index contributed by atoms with van der Waals surface area (Å²) in [4.78, 5) is 39.9. The second-order valence-electron chi connectivity index (χ2n) is 7.81. The van der Waals surface area contributed by atoms with Gasteiger partial charge in [-0.25, -0.2) is 0 Å². The van der Waals surface area contributed by atoms with E-state index in [0.29, 0.717) is 27.8 Å². The molecule has 0 fully saturated rings. The summed E-state index contributed by atoms with van der Waals surface area (Å²) < 4.78 is 0. The van der Waals surface area contributed by atoms with Crippen molar-refractivity contribution in [3.63, 3.8) is 0 Å². The second kappa shape index (κ2) is 9.75. The van der Waals surface area contributed by atoms with Crippen molar-refractivity contribution >= 4 is 52.1 Å². The zero-order valence-electron chi connectivity index (χ0n) is 18.0. The maximum Gasteiger partial charge on any atom is 0.250 e. The lowest BCUT2D eigenvalue weighted by Gasteiger charge is -2.34. The third-order valence-corrected chi connectivity index (χ3v) is 5.50. The Morgan fingerprint density at radius 3 is 2.21 bits per heavy atom. The van der Waals surface area contributed by atoms with Crippen LogP contribution in [0.4, 0.5) is 22.7 Å². The Morgan fingerprint density at radius 2 is 1.52 bits per heavy atom. The molecule has 1 atom stereocenters. The molecule has 3 amide bonds. The molecule has 8 heteroatoms. The smallest absolute Gasteiger partial charge is 0.250 e. The largest absolute Gasteiger partial charge is 0.372 e. The molecule has 33 heavy (non-hydrogen) atoms. The molecule has 1 unspecified atom stereocenters. The van der Waals surface area contributed by atoms with Crippen LogP contribution in [0.3, 0.4) is 0 Å². The van der Waals surface area contributed by atoms with E-state index in [4.69, 9.17) is 11.6 Å². The van der Waals surface area contributed by atoms with Crippen molar-refractivity contribution in [1.82, 2.24) is 0 Å². The fraction of sp³-hybridized carbons (Fsp3) is 0.160. The maximum atomic E-state index is 13.2. The van der Waals surface area contributed by atoms with Gasteiger partial charge in [-0.1, -0.05) is 41.4 Å². The monoisotopic (exact) mass is 462 g/mol. The number of nitrogens with zero attached hydrogens (tertiary/aromatic N) is 1. The summed E-state index contributed by atoms with van der Waals surface area (Å²) in [6.45, 7) is 1.78. The third-order valence-electron chi connectivity index (χ3n) is 5.24. The van der Waals surface area contributed by atoms with E-state index < -0.39 is 6.04 Å². The van der Waals surface area contributed by atoms with Gasteiger partial charge in [0.2, 0.25) is 11.8 Å². The van der Waals surface area contributed by atoms with Gasteiger partial charge in [0, 0.05) is 16.4 Å². The molecule has 1 aliphatic rings. The first-order chi connectivity index (χ1) is 15.9. The Kier molecular flexibility index (Phi) is 6.60. The van der Waals surface area contributed by atoms with Crippen LogP contribution in [0.1, 0.15) is 12.0 Å². The molecule has 4 rings (SSSR count). The fourth-order valence-electron chi connectivity index (χ4n) is 3.60. The number of carbonyl (C=O) groups is 3. The van der Waals surface area contributed by atoms with Crippen molar-refractivity contribution in [2.75, 3.05) is 27.4 Å². The van der Waals surface area contributed by atoms with Gasteiger partial charge >= 0.3 is 0 Å². The van der Waals surface area contributed by atoms with Crippen LogP contribution in [0.25, 0.3) is 0 Å². The average molecular weight is 463 g/mol. The lowest BCUT2D eigenvalue weighted by atomic mass is 10.1. The van der Waals surface area contributed by atoms with Crippen LogP contribution in [-0.2, 0) is 14.4 Å². The second-order valence-corrected chi connectivity index (χ2v) is 8.25. The number of para-hydroxylation sites is 2. The van der Waals surface area contributed by atoms with Gasteiger partial charge < -0.3 is 16.0 Å². The van der Waals surface area contributed by atoms with Gasteiger partial charge in [-0.05, 0) is 55.5 Å². The molecule has 3 aromatic rings. The quantitative estimate of drug-likeness (QED) is 0.505. The summed E-state index contributed by atoms with van der Waals surface area (Å²) in [7, 11) is 0. The van der Waals surface area contributed by atoms with Crippen molar-refractivity contribution in [2.24, 2.45) is 0 Å².